The van der Waals surface area contributed by atoms with Gasteiger partial charge in [-0.25, -0.2) is 0 Å². The topological polar surface area (TPSA) is 80.2 Å². The average molecular weight is 748 g/mol. The summed E-state index contributed by atoms with van der Waals surface area (Å²) in [6, 6.07) is 23.6. The van der Waals surface area contributed by atoms with Crippen LogP contribution in [0.2, 0.25) is 5.02 Å². The van der Waals surface area contributed by atoms with E-state index >= 15 is 0 Å². The van der Waals surface area contributed by atoms with E-state index in [4.69, 9.17) is 21.1 Å². The van der Waals surface area contributed by atoms with Crippen molar-refractivity contribution in [3.05, 3.63) is 118 Å². The van der Waals surface area contributed by atoms with Gasteiger partial charge in [-0.05, 0) is 102 Å². The Labute approximate surface area is 314 Å². The zero-order chi connectivity index (χ0) is 38.7. The van der Waals surface area contributed by atoms with Crippen LogP contribution in [0.15, 0.2) is 96.1 Å². The Balaban J connectivity index is 1.35. The van der Waals surface area contributed by atoms with Crippen LogP contribution < -0.4 is 19.8 Å². The molecule has 1 aliphatic rings. The van der Waals surface area contributed by atoms with Gasteiger partial charge < -0.3 is 14.8 Å². The summed E-state index contributed by atoms with van der Waals surface area (Å²) in [4.78, 5) is 27.3. The summed E-state index contributed by atoms with van der Waals surface area (Å²) in [6.45, 7) is 15.0. The minimum absolute atomic E-state index is 0.00674. The van der Waals surface area contributed by atoms with Crippen LogP contribution in [0, 0.1) is 0 Å². The largest absolute Gasteiger partial charge is 0.480 e. The monoisotopic (exact) mass is 747 g/mol. The molecular weight excluding hydrogens is 703 g/mol. The Kier molecular flexibility index (Phi) is 11.6. The predicted molar refractivity (Wildman–Crippen MR) is 204 cm³/mol. The van der Waals surface area contributed by atoms with Crippen LogP contribution in [0.3, 0.4) is 0 Å². The number of hydrogen-bond acceptors (Lipinski definition) is 5. The van der Waals surface area contributed by atoms with Crippen LogP contribution in [-0.2, 0) is 26.6 Å². The van der Waals surface area contributed by atoms with Gasteiger partial charge in [0.25, 0.3) is 11.8 Å². The van der Waals surface area contributed by atoms with Gasteiger partial charge in [0.05, 0.1) is 11.3 Å². The van der Waals surface area contributed by atoms with E-state index in [0.29, 0.717) is 34.1 Å². The third kappa shape index (κ3) is 8.87. The molecule has 0 saturated heterocycles. The minimum Gasteiger partial charge on any atom is -0.480 e. The van der Waals surface area contributed by atoms with Crippen LogP contribution in [0.4, 0.5) is 24.5 Å². The van der Waals surface area contributed by atoms with E-state index in [0.717, 1.165) is 42.7 Å². The predicted octanol–water partition coefficient (Wildman–Crippen LogP) is 10.7. The Bertz CT molecular complexity index is 1960. The second kappa shape index (κ2) is 15.6. The number of ether oxygens (including phenoxy) is 2. The van der Waals surface area contributed by atoms with E-state index in [1.165, 1.54) is 10.6 Å². The number of alkyl halides is 3. The summed E-state index contributed by atoms with van der Waals surface area (Å²) in [5.41, 5.74) is 2.94. The molecule has 0 fully saturated rings. The quantitative estimate of drug-likeness (QED) is 0.148. The van der Waals surface area contributed by atoms with E-state index in [9.17, 15) is 22.8 Å². The first-order valence-electron chi connectivity index (χ1n) is 17.7. The van der Waals surface area contributed by atoms with Gasteiger partial charge in [-0.15, -0.1) is 0 Å². The van der Waals surface area contributed by atoms with E-state index < -0.39 is 29.9 Å². The number of amides is 2. The lowest BCUT2D eigenvalue weighted by Crippen LogP contribution is -2.37. The van der Waals surface area contributed by atoms with Crippen LogP contribution in [-0.4, -0.2) is 29.7 Å². The van der Waals surface area contributed by atoms with Crippen molar-refractivity contribution >= 4 is 40.5 Å². The summed E-state index contributed by atoms with van der Waals surface area (Å²) in [5, 5.41) is 9.14. The molecule has 1 N–H and O–H groups in total. The maximum absolute atomic E-state index is 13.8. The fourth-order valence-corrected chi connectivity index (χ4v) is 5.90. The molecule has 2 atom stereocenters. The number of carbonyl (C=O) groups excluding carboxylic acids is 2. The fraction of sp³-hybridized carbons (Fsp3) is 0.357. The summed E-state index contributed by atoms with van der Waals surface area (Å²) >= 11 is 6.09. The summed E-state index contributed by atoms with van der Waals surface area (Å²) < 4.78 is 51.8. The van der Waals surface area contributed by atoms with Crippen LogP contribution in [0.1, 0.15) is 90.0 Å². The Morgan fingerprint density at radius 3 is 2.02 bits per heavy atom. The Morgan fingerprint density at radius 2 is 1.45 bits per heavy atom. The average Bonchev–Trinajstić information content (AvgIpc) is 3.45. The summed E-state index contributed by atoms with van der Waals surface area (Å²) in [7, 11) is 0. The molecule has 0 bridgehead atoms. The van der Waals surface area contributed by atoms with Gasteiger partial charge in [0.15, 0.2) is 6.10 Å². The van der Waals surface area contributed by atoms with Gasteiger partial charge in [-0.3, -0.25) is 9.59 Å². The first kappa shape index (κ1) is 39.4. The van der Waals surface area contributed by atoms with Gasteiger partial charge in [0.2, 0.25) is 6.10 Å². The molecule has 0 aliphatic carbocycles. The first-order valence-corrected chi connectivity index (χ1v) is 18.1. The van der Waals surface area contributed by atoms with Gasteiger partial charge in [-0.1, -0.05) is 84.3 Å². The molecule has 4 aromatic rings. The van der Waals surface area contributed by atoms with E-state index in [1.807, 2.05) is 13.0 Å². The highest BCUT2D eigenvalue weighted by atomic mass is 35.5. The highest BCUT2D eigenvalue weighted by molar-refractivity contribution is 6.31. The zero-order valence-electron chi connectivity index (χ0n) is 31.0. The third-order valence-electron chi connectivity index (χ3n) is 10.0. The van der Waals surface area contributed by atoms with Gasteiger partial charge in [-0.2, -0.15) is 23.3 Å². The van der Waals surface area contributed by atoms with Crippen LogP contribution >= 0.6 is 11.6 Å². The van der Waals surface area contributed by atoms with Crippen molar-refractivity contribution in [3.8, 4) is 11.5 Å². The normalized spacial score (nSPS) is 15.6. The molecule has 11 heteroatoms. The second-order valence-corrected chi connectivity index (χ2v) is 14.8. The van der Waals surface area contributed by atoms with Crippen molar-refractivity contribution in [2.45, 2.75) is 96.9 Å². The second-order valence-electron chi connectivity index (χ2n) is 14.4. The Hall–Kier alpha value is -4.83. The Morgan fingerprint density at radius 1 is 0.849 bits per heavy atom. The smallest absolute Gasteiger partial charge is 0.416 e. The van der Waals surface area contributed by atoms with Crippen molar-refractivity contribution in [2.75, 3.05) is 10.3 Å². The number of rotatable bonds is 13. The lowest BCUT2D eigenvalue weighted by molar-refractivity contribution is -0.137. The molecule has 2 amide bonds. The van der Waals surface area contributed by atoms with Crippen molar-refractivity contribution in [1.29, 1.82) is 0 Å². The summed E-state index contributed by atoms with van der Waals surface area (Å²) in [6.07, 6.45) is -4.22. The first-order chi connectivity index (χ1) is 25.0. The van der Waals surface area contributed by atoms with Gasteiger partial charge >= 0.3 is 6.18 Å². The SMILES string of the molecule is CCC(Oc1ccc(C(C)(C)CC)cc1C(C)(C)CC)C(=O)Nc1ccc(N2N=C(c3ccc(Cl)cc3)C(Oc3ccc(C(F)(F)F)cc3)C2=O)cc1. The zero-order valence-corrected chi connectivity index (χ0v) is 31.7. The maximum atomic E-state index is 13.8. The summed E-state index contributed by atoms with van der Waals surface area (Å²) in [5.74, 6) is -0.120. The van der Waals surface area contributed by atoms with E-state index in [2.05, 4.69) is 64.1 Å². The van der Waals surface area contributed by atoms with Crippen molar-refractivity contribution < 1.29 is 32.2 Å². The number of anilines is 2. The number of hydrazone groups is 1. The number of benzene rings is 4. The minimum atomic E-state index is -4.52. The number of nitrogens with zero attached hydrogens (tertiary/aromatic N) is 2. The number of hydrogen-bond donors (Lipinski definition) is 1. The molecule has 280 valence electrons. The molecule has 7 nitrogen and oxygen atoms in total. The van der Waals surface area contributed by atoms with Crippen LogP contribution in [0.5, 0.6) is 11.5 Å². The molecule has 0 saturated carbocycles. The van der Waals surface area contributed by atoms with Gasteiger partial charge in [0.1, 0.15) is 17.2 Å². The third-order valence-corrected chi connectivity index (χ3v) is 10.3. The molecule has 0 radical (unpaired) electrons. The standard InChI is InChI=1S/C42H45ClF3N3O4/c1-8-34(53-35-24-15-28(40(4,5)9-2)25-33(35)41(6,7)10-3)38(50)47-30-18-20-31(21-19-30)49-39(51)37(36(48-49)26-11-16-29(43)17-12-26)52-32-22-13-27(14-23-32)42(44,45)46/h11-25,34,37H,8-10H2,1-7H3,(H,47,50). The molecule has 5 rings (SSSR count). The molecule has 1 heterocycles. The molecule has 0 spiro atoms. The lowest BCUT2D eigenvalue weighted by atomic mass is 9.76. The highest BCUT2D eigenvalue weighted by Gasteiger charge is 2.40. The van der Waals surface area contributed by atoms with Crippen molar-refractivity contribution in [1.82, 2.24) is 0 Å². The van der Waals surface area contributed by atoms with Crippen molar-refractivity contribution in [2.24, 2.45) is 5.10 Å². The number of halogens is 4. The maximum Gasteiger partial charge on any atom is 0.416 e. The molecule has 2 unspecified atom stereocenters. The lowest BCUT2D eigenvalue weighted by Gasteiger charge is -2.31. The van der Waals surface area contributed by atoms with Crippen LogP contribution in [0.25, 0.3) is 0 Å². The molecule has 53 heavy (non-hydrogen) atoms. The van der Waals surface area contributed by atoms with Gasteiger partial charge in [0, 0.05) is 21.8 Å². The molecule has 4 aromatic carbocycles. The number of nitrogens with one attached hydrogen (secondary N) is 1. The van der Waals surface area contributed by atoms with E-state index in [-0.39, 0.29) is 28.2 Å². The highest BCUT2D eigenvalue weighted by Crippen LogP contribution is 2.39. The number of carbonyl (C=O) groups is 2. The fourth-order valence-electron chi connectivity index (χ4n) is 5.78. The molecular formula is C42H45ClF3N3O4. The molecule has 1 aliphatic heterocycles. The van der Waals surface area contributed by atoms with Crippen molar-refractivity contribution in [3.63, 3.8) is 0 Å². The van der Waals surface area contributed by atoms with E-state index in [1.54, 1.807) is 48.5 Å². The molecule has 0 aromatic heterocycles.